The van der Waals surface area contributed by atoms with E-state index in [4.69, 9.17) is 34.8 Å². The first-order valence-electron chi connectivity index (χ1n) is 5.08. The van der Waals surface area contributed by atoms with Crippen molar-refractivity contribution in [2.75, 3.05) is 11.9 Å². The van der Waals surface area contributed by atoms with Gasteiger partial charge in [0, 0.05) is 11.1 Å². The SMILES string of the molecule is CC(C)NC(=O)CNc1c(Cl)cc(Cl)cc1Cl. The molecule has 0 atom stereocenters. The van der Waals surface area contributed by atoms with Gasteiger partial charge < -0.3 is 10.6 Å². The average molecular weight is 296 g/mol. The first-order valence-corrected chi connectivity index (χ1v) is 6.21. The van der Waals surface area contributed by atoms with Crippen molar-refractivity contribution in [3.8, 4) is 0 Å². The molecule has 17 heavy (non-hydrogen) atoms. The van der Waals surface area contributed by atoms with E-state index < -0.39 is 0 Å². The van der Waals surface area contributed by atoms with E-state index in [-0.39, 0.29) is 18.5 Å². The fourth-order valence-electron chi connectivity index (χ4n) is 1.25. The molecule has 2 N–H and O–H groups in total. The van der Waals surface area contributed by atoms with Gasteiger partial charge in [-0.15, -0.1) is 0 Å². The Kier molecular flexibility index (Phi) is 5.37. The zero-order valence-corrected chi connectivity index (χ0v) is 11.7. The maximum Gasteiger partial charge on any atom is 0.239 e. The molecule has 0 aliphatic carbocycles. The van der Waals surface area contributed by atoms with Crippen molar-refractivity contribution in [3.63, 3.8) is 0 Å². The van der Waals surface area contributed by atoms with E-state index in [0.29, 0.717) is 20.8 Å². The van der Waals surface area contributed by atoms with Gasteiger partial charge in [-0.1, -0.05) is 34.8 Å². The molecule has 1 rings (SSSR count). The summed E-state index contributed by atoms with van der Waals surface area (Å²) in [6.45, 7) is 3.89. The van der Waals surface area contributed by atoms with Crippen molar-refractivity contribution in [1.82, 2.24) is 5.32 Å². The molecular formula is C11H13Cl3N2O. The summed E-state index contributed by atoms with van der Waals surface area (Å²) >= 11 is 17.7. The van der Waals surface area contributed by atoms with Crippen LogP contribution in [0.15, 0.2) is 12.1 Å². The van der Waals surface area contributed by atoms with Crippen LogP contribution in [0.4, 0.5) is 5.69 Å². The van der Waals surface area contributed by atoms with Gasteiger partial charge in [-0.25, -0.2) is 0 Å². The summed E-state index contributed by atoms with van der Waals surface area (Å²) in [6, 6.07) is 3.23. The molecule has 1 amide bonds. The smallest absolute Gasteiger partial charge is 0.239 e. The molecule has 0 fully saturated rings. The number of carbonyl (C=O) groups excluding carboxylic acids is 1. The lowest BCUT2D eigenvalue weighted by atomic mass is 10.3. The van der Waals surface area contributed by atoms with E-state index in [9.17, 15) is 4.79 Å². The van der Waals surface area contributed by atoms with Crippen LogP contribution in [0.3, 0.4) is 0 Å². The third kappa shape index (κ3) is 4.62. The number of hydrogen-bond acceptors (Lipinski definition) is 2. The summed E-state index contributed by atoms with van der Waals surface area (Å²) in [6.07, 6.45) is 0. The Morgan fingerprint density at radius 2 is 1.76 bits per heavy atom. The number of carbonyl (C=O) groups is 1. The minimum absolute atomic E-state index is 0.0976. The standard InChI is InChI=1S/C11H13Cl3N2O/c1-6(2)16-10(17)5-15-11-8(13)3-7(12)4-9(11)14/h3-4,6,15H,5H2,1-2H3,(H,16,17). The number of amides is 1. The van der Waals surface area contributed by atoms with Crippen LogP contribution in [0.25, 0.3) is 0 Å². The lowest BCUT2D eigenvalue weighted by Crippen LogP contribution is -2.34. The number of halogens is 3. The third-order valence-corrected chi connectivity index (χ3v) is 2.70. The Hall–Kier alpha value is -0.640. The van der Waals surface area contributed by atoms with Crippen LogP contribution in [0.1, 0.15) is 13.8 Å². The van der Waals surface area contributed by atoms with E-state index in [2.05, 4.69) is 10.6 Å². The van der Waals surface area contributed by atoms with Crippen molar-refractivity contribution < 1.29 is 4.79 Å². The predicted octanol–water partition coefficient (Wildman–Crippen LogP) is 3.58. The van der Waals surface area contributed by atoms with Crippen LogP contribution >= 0.6 is 34.8 Å². The summed E-state index contributed by atoms with van der Waals surface area (Å²) in [5.41, 5.74) is 0.511. The number of nitrogens with one attached hydrogen (secondary N) is 2. The second-order valence-corrected chi connectivity index (χ2v) is 5.07. The van der Waals surface area contributed by atoms with Gasteiger partial charge in [-0.05, 0) is 26.0 Å². The van der Waals surface area contributed by atoms with Crippen LogP contribution in [0.5, 0.6) is 0 Å². The monoisotopic (exact) mass is 294 g/mol. The van der Waals surface area contributed by atoms with Crippen molar-refractivity contribution >= 4 is 46.4 Å². The van der Waals surface area contributed by atoms with Gasteiger partial charge in [-0.2, -0.15) is 0 Å². The highest BCUT2D eigenvalue weighted by Gasteiger charge is 2.09. The molecule has 0 saturated carbocycles. The molecular weight excluding hydrogens is 282 g/mol. The molecule has 0 bridgehead atoms. The quantitative estimate of drug-likeness (QED) is 0.891. The summed E-state index contributed by atoms with van der Waals surface area (Å²) in [4.78, 5) is 11.4. The molecule has 0 saturated heterocycles. The largest absolute Gasteiger partial charge is 0.374 e. The maximum atomic E-state index is 11.4. The van der Waals surface area contributed by atoms with Gasteiger partial charge in [0.25, 0.3) is 0 Å². The van der Waals surface area contributed by atoms with E-state index in [1.165, 1.54) is 0 Å². The molecule has 0 radical (unpaired) electrons. The minimum Gasteiger partial charge on any atom is -0.374 e. The Morgan fingerprint density at radius 1 is 1.24 bits per heavy atom. The molecule has 3 nitrogen and oxygen atoms in total. The van der Waals surface area contributed by atoms with Crippen molar-refractivity contribution in [2.45, 2.75) is 19.9 Å². The molecule has 94 valence electrons. The summed E-state index contributed by atoms with van der Waals surface area (Å²) in [5, 5.41) is 6.86. The normalized spacial score (nSPS) is 10.5. The fraction of sp³-hybridized carbons (Fsp3) is 0.364. The lowest BCUT2D eigenvalue weighted by Gasteiger charge is -2.12. The molecule has 0 heterocycles. The Bertz CT molecular complexity index is 398. The zero-order valence-electron chi connectivity index (χ0n) is 9.48. The first kappa shape index (κ1) is 14.4. The van der Waals surface area contributed by atoms with E-state index in [1.807, 2.05) is 13.8 Å². The molecule has 0 aromatic heterocycles. The predicted molar refractivity (Wildman–Crippen MR) is 73.2 cm³/mol. The minimum atomic E-state index is -0.123. The topological polar surface area (TPSA) is 41.1 Å². The molecule has 0 spiro atoms. The zero-order chi connectivity index (χ0) is 13.0. The molecule has 6 heteroatoms. The highest BCUT2D eigenvalue weighted by atomic mass is 35.5. The Balaban J connectivity index is 2.67. The Morgan fingerprint density at radius 3 is 2.24 bits per heavy atom. The van der Waals surface area contributed by atoms with Gasteiger partial charge in [0.05, 0.1) is 22.3 Å². The number of anilines is 1. The first-order chi connectivity index (χ1) is 7.90. The lowest BCUT2D eigenvalue weighted by molar-refractivity contribution is -0.119. The van der Waals surface area contributed by atoms with Gasteiger partial charge in [0.1, 0.15) is 0 Å². The number of benzene rings is 1. The van der Waals surface area contributed by atoms with Crippen LogP contribution in [0.2, 0.25) is 15.1 Å². The van der Waals surface area contributed by atoms with Crippen molar-refractivity contribution in [1.29, 1.82) is 0 Å². The van der Waals surface area contributed by atoms with E-state index in [0.717, 1.165) is 0 Å². The van der Waals surface area contributed by atoms with E-state index in [1.54, 1.807) is 12.1 Å². The second kappa shape index (κ2) is 6.34. The average Bonchev–Trinajstić information content (AvgIpc) is 2.14. The maximum absolute atomic E-state index is 11.4. The molecule has 1 aromatic rings. The van der Waals surface area contributed by atoms with Crippen LogP contribution in [-0.4, -0.2) is 18.5 Å². The van der Waals surface area contributed by atoms with Crippen LogP contribution < -0.4 is 10.6 Å². The van der Waals surface area contributed by atoms with Gasteiger partial charge in [0.15, 0.2) is 0 Å². The molecule has 0 aliphatic heterocycles. The number of rotatable bonds is 4. The van der Waals surface area contributed by atoms with Crippen LogP contribution in [0, 0.1) is 0 Å². The Labute approximate surface area is 115 Å². The summed E-state index contributed by atoms with van der Waals surface area (Å²) in [5.74, 6) is -0.123. The number of hydrogen-bond donors (Lipinski definition) is 2. The molecule has 0 aliphatic rings. The third-order valence-electron chi connectivity index (χ3n) is 1.88. The van der Waals surface area contributed by atoms with Crippen molar-refractivity contribution in [3.05, 3.63) is 27.2 Å². The fourth-order valence-corrected chi connectivity index (χ4v) is 2.20. The second-order valence-electron chi connectivity index (χ2n) is 3.82. The highest BCUT2D eigenvalue weighted by molar-refractivity contribution is 6.41. The van der Waals surface area contributed by atoms with Crippen molar-refractivity contribution in [2.24, 2.45) is 0 Å². The highest BCUT2D eigenvalue weighted by Crippen LogP contribution is 2.33. The summed E-state index contributed by atoms with van der Waals surface area (Å²) < 4.78 is 0. The molecule has 0 unspecified atom stereocenters. The van der Waals surface area contributed by atoms with Crippen LogP contribution in [-0.2, 0) is 4.79 Å². The summed E-state index contributed by atoms with van der Waals surface area (Å²) in [7, 11) is 0. The van der Waals surface area contributed by atoms with Gasteiger partial charge >= 0.3 is 0 Å². The van der Waals surface area contributed by atoms with E-state index >= 15 is 0 Å². The molecule has 1 aromatic carbocycles. The van der Waals surface area contributed by atoms with Gasteiger partial charge in [0.2, 0.25) is 5.91 Å². The van der Waals surface area contributed by atoms with Gasteiger partial charge in [-0.3, -0.25) is 4.79 Å².